The van der Waals surface area contributed by atoms with Crippen molar-refractivity contribution in [2.75, 3.05) is 13.1 Å². The Bertz CT molecular complexity index is 1030. The van der Waals surface area contributed by atoms with E-state index in [-0.39, 0.29) is 0 Å². The van der Waals surface area contributed by atoms with E-state index >= 15 is 0 Å². The van der Waals surface area contributed by atoms with Crippen molar-refractivity contribution < 1.29 is 0 Å². The van der Waals surface area contributed by atoms with Crippen molar-refractivity contribution in [1.29, 1.82) is 0 Å². The number of rotatable bonds is 3. The summed E-state index contributed by atoms with van der Waals surface area (Å²) in [5, 5.41) is 2.45. The molecule has 4 heterocycles. The summed E-state index contributed by atoms with van der Waals surface area (Å²) in [5.41, 5.74) is 3.69. The minimum absolute atomic E-state index is 0.491. The molecule has 1 aromatic carbocycles. The number of pyridine rings is 1. The van der Waals surface area contributed by atoms with Crippen molar-refractivity contribution in [1.82, 2.24) is 19.4 Å². The molecule has 4 heteroatoms. The number of piperidine rings is 1. The van der Waals surface area contributed by atoms with E-state index in [2.05, 4.69) is 75.0 Å². The van der Waals surface area contributed by atoms with Gasteiger partial charge >= 0.3 is 0 Å². The van der Waals surface area contributed by atoms with Crippen LogP contribution in [0.5, 0.6) is 0 Å². The summed E-state index contributed by atoms with van der Waals surface area (Å²) >= 11 is 0. The Balaban J connectivity index is 1.50. The minimum atomic E-state index is 0.491. The van der Waals surface area contributed by atoms with Crippen LogP contribution in [-0.2, 0) is 6.54 Å². The van der Waals surface area contributed by atoms with E-state index in [1.54, 1.807) is 0 Å². The van der Waals surface area contributed by atoms with Gasteiger partial charge in [0.2, 0.25) is 0 Å². The molecule has 2 atom stereocenters. The Morgan fingerprint density at radius 2 is 2.04 bits per heavy atom. The Morgan fingerprint density at radius 1 is 1.15 bits per heavy atom. The largest absolute Gasteiger partial charge is 0.346 e. The summed E-state index contributed by atoms with van der Waals surface area (Å²) in [4.78, 5) is 10.4. The summed E-state index contributed by atoms with van der Waals surface area (Å²) in [5.74, 6) is 0.666. The molecule has 0 aliphatic carbocycles. The Morgan fingerprint density at radius 3 is 2.92 bits per heavy atom. The van der Waals surface area contributed by atoms with E-state index in [1.807, 2.05) is 12.4 Å². The fourth-order valence-corrected chi connectivity index (χ4v) is 4.39. The third-order valence-corrected chi connectivity index (χ3v) is 5.87. The van der Waals surface area contributed by atoms with Crippen LogP contribution in [0.1, 0.15) is 24.9 Å². The van der Waals surface area contributed by atoms with Crippen LogP contribution in [-0.4, -0.2) is 32.5 Å². The molecule has 1 saturated heterocycles. The van der Waals surface area contributed by atoms with Gasteiger partial charge in [0.05, 0.1) is 5.52 Å². The zero-order valence-electron chi connectivity index (χ0n) is 15.1. The molecule has 0 bridgehead atoms. The fraction of sp³-hybridized carbons (Fsp3) is 0.318. The summed E-state index contributed by atoms with van der Waals surface area (Å²) < 4.78 is 2.50. The molecule has 0 amide bonds. The molecule has 0 radical (unpaired) electrons. The molecule has 4 aromatic rings. The van der Waals surface area contributed by atoms with Crippen LogP contribution >= 0.6 is 0 Å². The Labute approximate surface area is 153 Å². The maximum Gasteiger partial charge on any atom is 0.139 e. The monoisotopic (exact) mass is 344 g/mol. The van der Waals surface area contributed by atoms with E-state index in [4.69, 9.17) is 0 Å². The zero-order chi connectivity index (χ0) is 17.5. The average Bonchev–Trinajstić information content (AvgIpc) is 3.30. The van der Waals surface area contributed by atoms with E-state index < -0.39 is 0 Å². The lowest BCUT2D eigenvalue weighted by Gasteiger charge is -2.38. The van der Waals surface area contributed by atoms with Gasteiger partial charge in [0.15, 0.2) is 0 Å². The van der Waals surface area contributed by atoms with Crippen LogP contribution in [0.25, 0.3) is 21.9 Å². The van der Waals surface area contributed by atoms with Crippen molar-refractivity contribution in [3.63, 3.8) is 0 Å². The smallest absolute Gasteiger partial charge is 0.139 e. The summed E-state index contributed by atoms with van der Waals surface area (Å²) in [6, 6.07) is 15.7. The van der Waals surface area contributed by atoms with Crippen molar-refractivity contribution in [2.24, 2.45) is 5.92 Å². The first-order chi connectivity index (χ1) is 12.8. The van der Waals surface area contributed by atoms with Gasteiger partial charge in [-0.2, -0.15) is 0 Å². The molecule has 1 N–H and O–H groups in total. The average molecular weight is 344 g/mol. The molecule has 3 aromatic heterocycles. The minimum Gasteiger partial charge on any atom is -0.346 e. The standard InChI is InChI=1S/C22H24N4/c1-16-8-11-25(14-17-5-3-2-4-6-17)15-20(16)26-12-9-18-13-24-22-19(21(18)26)7-10-23-22/h2-7,9-10,12-13,16,20H,8,11,14-15H2,1H3,(H,23,24)/t16-,20+/m0/s1. The third-order valence-electron chi connectivity index (χ3n) is 5.87. The van der Waals surface area contributed by atoms with Crippen molar-refractivity contribution in [3.05, 3.63) is 66.6 Å². The van der Waals surface area contributed by atoms with Gasteiger partial charge in [-0.15, -0.1) is 0 Å². The number of nitrogens with one attached hydrogen (secondary N) is 1. The molecule has 0 unspecified atom stereocenters. The molecule has 0 saturated carbocycles. The maximum atomic E-state index is 4.54. The van der Waals surface area contributed by atoms with Gasteiger partial charge in [-0.25, -0.2) is 4.98 Å². The number of benzene rings is 1. The predicted molar refractivity (Wildman–Crippen MR) is 106 cm³/mol. The second-order valence-electron chi connectivity index (χ2n) is 7.58. The second kappa shape index (κ2) is 6.29. The molecule has 1 aliphatic rings. The van der Waals surface area contributed by atoms with Gasteiger partial charge in [0.25, 0.3) is 0 Å². The number of likely N-dealkylation sites (tertiary alicyclic amines) is 1. The molecule has 1 fully saturated rings. The highest BCUT2D eigenvalue weighted by atomic mass is 15.2. The summed E-state index contributed by atoms with van der Waals surface area (Å²) in [6.45, 7) is 5.69. The van der Waals surface area contributed by atoms with Crippen LogP contribution in [0.2, 0.25) is 0 Å². The molecule has 1 aliphatic heterocycles. The fourth-order valence-electron chi connectivity index (χ4n) is 4.39. The predicted octanol–water partition coefficient (Wildman–Crippen LogP) is 4.60. The summed E-state index contributed by atoms with van der Waals surface area (Å²) in [6.07, 6.45) is 7.46. The number of aromatic amines is 1. The first kappa shape index (κ1) is 15.6. The number of H-pyrrole nitrogens is 1. The topological polar surface area (TPSA) is 36.9 Å². The normalized spacial score (nSPS) is 21.6. The lowest BCUT2D eigenvalue weighted by Crippen LogP contribution is -2.40. The van der Waals surface area contributed by atoms with Crippen molar-refractivity contribution in [3.8, 4) is 0 Å². The van der Waals surface area contributed by atoms with Crippen LogP contribution in [0.15, 0.2) is 61.1 Å². The molecule has 132 valence electrons. The molecule has 26 heavy (non-hydrogen) atoms. The van der Waals surface area contributed by atoms with Gasteiger partial charge in [0, 0.05) is 48.5 Å². The molecular formula is C22H24N4. The van der Waals surface area contributed by atoms with Gasteiger partial charge in [-0.1, -0.05) is 37.3 Å². The highest BCUT2D eigenvalue weighted by Crippen LogP contribution is 2.34. The Hall–Kier alpha value is -2.59. The van der Waals surface area contributed by atoms with Crippen molar-refractivity contribution >= 4 is 21.9 Å². The number of aromatic nitrogens is 3. The molecular weight excluding hydrogens is 320 g/mol. The third kappa shape index (κ3) is 2.61. The van der Waals surface area contributed by atoms with Gasteiger partial charge in [-0.3, -0.25) is 4.90 Å². The highest BCUT2D eigenvalue weighted by molar-refractivity contribution is 6.02. The van der Waals surface area contributed by atoms with Crippen LogP contribution in [0.4, 0.5) is 0 Å². The van der Waals surface area contributed by atoms with Crippen LogP contribution in [0, 0.1) is 5.92 Å². The van der Waals surface area contributed by atoms with E-state index in [9.17, 15) is 0 Å². The quantitative estimate of drug-likeness (QED) is 0.590. The maximum absolute atomic E-state index is 4.54. The molecule has 5 rings (SSSR count). The van der Waals surface area contributed by atoms with Crippen LogP contribution < -0.4 is 0 Å². The summed E-state index contributed by atoms with van der Waals surface area (Å²) in [7, 11) is 0. The first-order valence-corrected chi connectivity index (χ1v) is 9.48. The number of hydrogen-bond acceptors (Lipinski definition) is 2. The lowest BCUT2D eigenvalue weighted by atomic mass is 9.92. The van der Waals surface area contributed by atoms with Crippen LogP contribution in [0.3, 0.4) is 0 Å². The number of hydrogen-bond donors (Lipinski definition) is 1. The SMILES string of the molecule is C[C@H]1CCN(Cc2ccccc2)C[C@H]1n1ccc2cnc3[nH]ccc3c21. The molecule has 4 nitrogen and oxygen atoms in total. The number of fused-ring (bicyclic) bond motifs is 3. The molecule has 0 spiro atoms. The van der Waals surface area contributed by atoms with Gasteiger partial charge in [0.1, 0.15) is 5.65 Å². The second-order valence-corrected chi connectivity index (χ2v) is 7.58. The van der Waals surface area contributed by atoms with E-state index in [0.717, 1.165) is 18.7 Å². The van der Waals surface area contributed by atoms with Gasteiger partial charge in [-0.05, 0) is 36.6 Å². The first-order valence-electron chi connectivity index (χ1n) is 9.48. The zero-order valence-corrected chi connectivity index (χ0v) is 15.1. The Kier molecular flexibility index (Phi) is 3.79. The van der Waals surface area contributed by atoms with Crippen molar-refractivity contribution in [2.45, 2.75) is 25.9 Å². The lowest BCUT2D eigenvalue weighted by molar-refractivity contribution is 0.129. The van der Waals surface area contributed by atoms with Gasteiger partial charge < -0.3 is 9.55 Å². The highest BCUT2D eigenvalue weighted by Gasteiger charge is 2.28. The van der Waals surface area contributed by atoms with E-state index in [1.165, 1.54) is 34.8 Å². The number of nitrogens with zero attached hydrogens (tertiary/aromatic N) is 3. The van der Waals surface area contributed by atoms with E-state index in [0.29, 0.717) is 12.0 Å².